The Labute approximate surface area is 278 Å². The number of nitrogens with zero attached hydrogens (tertiary/aromatic N) is 3. The van der Waals surface area contributed by atoms with E-state index < -0.39 is 52.4 Å². The van der Waals surface area contributed by atoms with E-state index >= 15 is 0 Å². The Morgan fingerprint density at radius 3 is 2.14 bits per heavy atom. The number of benzene rings is 3. The molecule has 1 N–H and O–H groups in total. The highest BCUT2D eigenvalue weighted by Crippen LogP contribution is 2.46. The maximum absolute atomic E-state index is 14.2. The van der Waals surface area contributed by atoms with Gasteiger partial charge in [-0.05, 0) is 61.1 Å². The van der Waals surface area contributed by atoms with Gasteiger partial charge in [0.25, 0.3) is 0 Å². The molecule has 1 amide bonds. The summed E-state index contributed by atoms with van der Waals surface area (Å²) in [6, 6.07) is 19.0. The summed E-state index contributed by atoms with van der Waals surface area (Å²) in [6.07, 6.45) is -8.46. The number of H-pyrrole nitrogens is 1. The van der Waals surface area contributed by atoms with E-state index in [1.165, 1.54) is 22.7 Å². The van der Waals surface area contributed by atoms with Crippen molar-refractivity contribution in [1.29, 1.82) is 0 Å². The maximum Gasteiger partial charge on any atom is 0.416 e. The molecule has 1 aromatic heterocycles. The molecule has 5 rings (SSSR count). The SMILES string of the molecule is C=CC[C@]1(n2cn[nH]c2=O)CC[C@@](CO[C@H](C)c2cc(C(F)(F)F)cc(C(F)(F)F)c2)(c2ccccc2)N(C(=O)OCc2ccccc2)C1. The molecule has 3 aromatic carbocycles. The number of amides is 1. The number of hydrogen-bond donors (Lipinski definition) is 1. The number of piperidine rings is 1. The fourth-order valence-corrected chi connectivity index (χ4v) is 6.31. The molecule has 2 heterocycles. The molecule has 0 aliphatic carbocycles. The molecule has 4 aromatic rings. The van der Waals surface area contributed by atoms with E-state index in [4.69, 9.17) is 9.47 Å². The van der Waals surface area contributed by atoms with Crippen molar-refractivity contribution in [1.82, 2.24) is 19.7 Å². The van der Waals surface area contributed by atoms with Crippen LogP contribution in [0.3, 0.4) is 0 Å². The number of carbonyl (C=O) groups is 1. The summed E-state index contributed by atoms with van der Waals surface area (Å²) in [4.78, 5) is 28.5. The van der Waals surface area contributed by atoms with E-state index in [0.29, 0.717) is 23.3 Å². The molecular weight excluding hydrogens is 654 g/mol. The van der Waals surface area contributed by atoms with Crippen LogP contribution >= 0.6 is 0 Å². The molecule has 1 saturated heterocycles. The molecule has 3 atom stereocenters. The highest BCUT2D eigenvalue weighted by atomic mass is 19.4. The predicted molar refractivity (Wildman–Crippen MR) is 167 cm³/mol. The van der Waals surface area contributed by atoms with Crippen molar-refractivity contribution in [2.45, 2.75) is 62.3 Å². The molecule has 1 aliphatic rings. The minimum absolute atomic E-state index is 0.0598. The van der Waals surface area contributed by atoms with Crippen molar-refractivity contribution in [3.63, 3.8) is 0 Å². The fourth-order valence-electron chi connectivity index (χ4n) is 6.31. The third kappa shape index (κ3) is 7.58. The van der Waals surface area contributed by atoms with Crippen LogP contribution in [0.2, 0.25) is 0 Å². The Morgan fingerprint density at radius 1 is 0.980 bits per heavy atom. The third-order valence-electron chi connectivity index (χ3n) is 8.95. The van der Waals surface area contributed by atoms with Gasteiger partial charge in [-0.25, -0.2) is 14.7 Å². The zero-order valence-electron chi connectivity index (χ0n) is 26.4. The summed E-state index contributed by atoms with van der Waals surface area (Å²) in [5.74, 6) is 0. The number of aromatic amines is 1. The van der Waals surface area contributed by atoms with E-state index in [0.717, 1.165) is 0 Å². The lowest BCUT2D eigenvalue weighted by Crippen LogP contribution is -2.63. The van der Waals surface area contributed by atoms with Gasteiger partial charge in [0.05, 0.1) is 34.9 Å². The molecule has 0 saturated carbocycles. The zero-order chi connectivity index (χ0) is 35.5. The molecule has 0 unspecified atom stereocenters. The number of hydrogen-bond acceptors (Lipinski definition) is 5. The Balaban J connectivity index is 1.57. The maximum atomic E-state index is 14.2. The van der Waals surface area contributed by atoms with Crippen LogP contribution in [-0.2, 0) is 39.5 Å². The number of allylic oxidation sites excluding steroid dienone is 1. The lowest BCUT2D eigenvalue weighted by Gasteiger charge is -2.53. The molecule has 0 spiro atoms. The lowest BCUT2D eigenvalue weighted by atomic mass is 9.73. The van der Waals surface area contributed by atoms with Crippen molar-refractivity contribution in [2.24, 2.45) is 0 Å². The van der Waals surface area contributed by atoms with E-state index in [1.54, 1.807) is 60.7 Å². The van der Waals surface area contributed by atoms with E-state index in [-0.39, 0.29) is 50.7 Å². The monoisotopic (exact) mass is 688 g/mol. The highest BCUT2D eigenvalue weighted by Gasteiger charge is 2.53. The summed E-state index contributed by atoms with van der Waals surface area (Å²) >= 11 is 0. The fraction of sp³-hybridized carbons (Fsp3) is 0.343. The van der Waals surface area contributed by atoms with Crippen molar-refractivity contribution in [3.05, 3.63) is 136 Å². The Morgan fingerprint density at radius 2 is 1.59 bits per heavy atom. The predicted octanol–water partition coefficient (Wildman–Crippen LogP) is 7.99. The van der Waals surface area contributed by atoms with Crippen LogP contribution in [-0.4, -0.2) is 38.9 Å². The quantitative estimate of drug-likeness (QED) is 0.135. The van der Waals surface area contributed by atoms with Gasteiger partial charge in [0, 0.05) is 6.54 Å². The van der Waals surface area contributed by atoms with Gasteiger partial charge in [0.15, 0.2) is 0 Å². The van der Waals surface area contributed by atoms with Gasteiger partial charge >= 0.3 is 24.1 Å². The Hall–Kier alpha value is -4.85. The van der Waals surface area contributed by atoms with Crippen molar-refractivity contribution in [3.8, 4) is 0 Å². The standard InChI is InChI=1S/C35H34F6N4O4/c1-3-14-32(45-23-42-43-30(45)46)15-16-33(27-12-8-5-9-13-27,44(21-32)31(47)48-20-25-10-6-4-7-11-25)22-49-24(2)26-17-28(34(36,37)38)19-29(18-26)35(39,40)41/h3-13,17-19,23-24H,1,14-16,20-22H2,2H3,(H,43,46)/t24-,32+,33-/m1/s1. The minimum Gasteiger partial charge on any atom is -0.445 e. The first-order chi connectivity index (χ1) is 23.2. The van der Waals surface area contributed by atoms with Crippen molar-refractivity contribution < 1.29 is 40.6 Å². The number of carbonyl (C=O) groups excluding carboxylic acids is 1. The first-order valence-electron chi connectivity index (χ1n) is 15.4. The summed E-state index contributed by atoms with van der Waals surface area (Å²) in [7, 11) is 0. The number of alkyl halides is 6. The molecular formula is C35H34F6N4O4. The summed E-state index contributed by atoms with van der Waals surface area (Å²) in [6.45, 7) is 4.68. The summed E-state index contributed by atoms with van der Waals surface area (Å²) in [5.41, 5.74) is -4.84. The summed E-state index contributed by atoms with van der Waals surface area (Å²) in [5, 5.41) is 6.26. The van der Waals surface area contributed by atoms with Gasteiger partial charge in [-0.15, -0.1) is 6.58 Å². The van der Waals surface area contributed by atoms with Gasteiger partial charge in [-0.1, -0.05) is 66.7 Å². The number of likely N-dealkylation sites (tertiary alicyclic amines) is 1. The Bertz CT molecular complexity index is 1780. The van der Waals surface area contributed by atoms with Crippen LogP contribution in [0.4, 0.5) is 31.1 Å². The summed E-state index contributed by atoms with van der Waals surface area (Å²) < 4.78 is 95.4. The van der Waals surface area contributed by atoms with Crippen LogP contribution in [0, 0.1) is 0 Å². The number of nitrogens with one attached hydrogen (secondary N) is 1. The van der Waals surface area contributed by atoms with E-state index in [9.17, 15) is 35.9 Å². The topological polar surface area (TPSA) is 89.5 Å². The largest absolute Gasteiger partial charge is 0.445 e. The van der Waals surface area contributed by atoms with Gasteiger partial charge in [0.1, 0.15) is 12.9 Å². The average Bonchev–Trinajstić information content (AvgIpc) is 3.53. The van der Waals surface area contributed by atoms with Crippen molar-refractivity contribution in [2.75, 3.05) is 13.2 Å². The van der Waals surface area contributed by atoms with E-state index in [2.05, 4.69) is 16.8 Å². The number of rotatable bonds is 10. The first kappa shape index (κ1) is 35.5. The number of halogens is 6. The molecule has 0 radical (unpaired) electrons. The molecule has 14 heteroatoms. The van der Waals surface area contributed by atoms with E-state index in [1.807, 2.05) is 6.07 Å². The molecule has 49 heavy (non-hydrogen) atoms. The smallest absolute Gasteiger partial charge is 0.416 e. The van der Waals surface area contributed by atoms with Crippen LogP contribution in [0.5, 0.6) is 0 Å². The molecule has 1 fully saturated rings. The first-order valence-corrected chi connectivity index (χ1v) is 15.4. The zero-order valence-corrected chi connectivity index (χ0v) is 26.4. The second-order valence-corrected chi connectivity index (χ2v) is 12.1. The molecule has 8 nitrogen and oxygen atoms in total. The van der Waals surface area contributed by atoms with Crippen molar-refractivity contribution >= 4 is 6.09 Å². The minimum atomic E-state index is -5.04. The molecule has 260 valence electrons. The molecule has 0 bridgehead atoms. The highest BCUT2D eigenvalue weighted by molar-refractivity contribution is 5.70. The second-order valence-electron chi connectivity index (χ2n) is 12.1. The van der Waals surface area contributed by atoms with Crippen LogP contribution in [0.15, 0.2) is 103 Å². The van der Waals surface area contributed by atoms with Gasteiger partial charge in [-0.2, -0.15) is 31.4 Å². The molecule has 1 aliphatic heterocycles. The normalized spacial score (nSPS) is 20.5. The number of aromatic nitrogens is 3. The van der Waals surface area contributed by atoms with Gasteiger partial charge < -0.3 is 9.47 Å². The number of ether oxygens (including phenoxy) is 2. The lowest BCUT2D eigenvalue weighted by molar-refractivity contribution is -0.143. The van der Waals surface area contributed by atoms with Crippen LogP contribution < -0.4 is 5.69 Å². The Kier molecular flexibility index (Phi) is 10.1. The second kappa shape index (κ2) is 13.9. The van der Waals surface area contributed by atoms with Crippen LogP contribution in [0.25, 0.3) is 0 Å². The average molecular weight is 689 g/mol. The third-order valence-corrected chi connectivity index (χ3v) is 8.95. The van der Waals surface area contributed by atoms with Crippen LogP contribution in [0.1, 0.15) is 60.1 Å². The van der Waals surface area contributed by atoms with Gasteiger partial charge in [0.2, 0.25) is 0 Å². The van der Waals surface area contributed by atoms with Gasteiger partial charge in [-0.3, -0.25) is 9.47 Å².